The van der Waals surface area contributed by atoms with Crippen molar-refractivity contribution in [2.24, 2.45) is 10.4 Å². The van der Waals surface area contributed by atoms with Gasteiger partial charge in [-0.2, -0.15) is 0 Å². The van der Waals surface area contributed by atoms with Crippen LogP contribution in [0.25, 0.3) is 0 Å². The van der Waals surface area contributed by atoms with Gasteiger partial charge in [0.15, 0.2) is 5.96 Å². The maximum absolute atomic E-state index is 4.42. The molecule has 1 saturated carbocycles. The molecule has 2 aliphatic rings. The van der Waals surface area contributed by atoms with E-state index in [4.69, 9.17) is 0 Å². The topological polar surface area (TPSA) is 39.7 Å². The maximum Gasteiger partial charge on any atom is 0.191 e. The number of nitrogens with one attached hydrogen (secondary N) is 2. The summed E-state index contributed by atoms with van der Waals surface area (Å²) in [5.41, 5.74) is 0.473. The molecule has 0 aromatic heterocycles. The number of piperidine rings is 1. The van der Waals surface area contributed by atoms with Crippen LogP contribution in [0.5, 0.6) is 0 Å². The summed E-state index contributed by atoms with van der Waals surface area (Å²) in [7, 11) is 1.89. The van der Waals surface area contributed by atoms with Crippen LogP contribution in [0.3, 0.4) is 0 Å². The van der Waals surface area contributed by atoms with Crippen LogP contribution in [0.15, 0.2) is 4.99 Å². The van der Waals surface area contributed by atoms with Crippen LogP contribution in [0.4, 0.5) is 0 Å². The average molecular weight is 309 g/mol. The second kappa shape index (κ2) is 8.76. The highest BCUT2D eigenvalue weighted by atomic mass is 15.2. The lowest BCUT2D eigenvalue weighted by Gasteiger charge is -2.33. The Labute approximate surface area is 137 Å². The van der Waals surface area contributed by atoms with E-state index >= 15 is 0 Å². The molecule has 0 bridgehead atoms. The van der Waals surface area contributed by atoms with Gasteiger partial charge in [-0.25, -0.2) is 0 Å². The molecule has 4 heteroatoms. The van der Waals surface area contributed by atoms with E-state index in [9.17, 15) is 0 Å². The molecule has 1 aliphatic heterocycles. The number of nitrogens with zero attached hydrogens (tertiary/aromatic N) is 2. The summed E-state index contributed by atoms with van der Waals surface area (Å²) in [6.07, 6.45) is 10.6. The van der Waals surface area contributed by atoms with Crippen molar-refractivity contribution >= 4 is 5.96 Å². The molecule has 4 nitrogen and oxygen atoms in total. The Bertz CT molecular complexity index is 339. The van der Waals surface area contributed by atoms with E-state index in [0.29, 0.717) is 11.5 Å². The molecule has 0 amide bonds. The van der Waals surface area contributed by atoms with E-state index in [2.05, 4.69) is 34.4 Å². The van der Waals surface area contributed by atoms with Crippen LogP contribution in [0, 0.1) is 5.41 Å². The molecule has 2 N–H and O–H groups in total. The number of hydrogen-bond acceptors (Lipinski definition) is 2. The van der Waals surface area contributed by atoms with E-state index in [1.807, 2.05) is 7.05 Å². The van der Waals surface area contributed by atoms with E-state index in [-0.39, 0.29) is 0 Å². The number of unbranched alkanes of at least 4 members (excludes halogenated alkanes) is 1. The van der Waals surface area contributed by atoms with Gasteiger partial charge in [0, 0.05) is 32.7 Å². The van der Waals surface area contributed by atoms with Gasteiger partial charge in [-0.15, -0.1) is 0 Å². The number of likely N-dealkylation sites (tertiary alicyclic amines) is 1. The lowest BCUT2D eigenvalue weighted by Crippen LogP contribution is -2.50. The molecule has 0 aromatic rings. The van der Waals surface area contributed by atoms with E-state index in [1.54, 1.807) is 0 Å². The summed E-state index contributed by atoms with van der Waals surface area (Å²) >= 11 is 0. The second-order valence-electron chi connectivity index (χ2n) is 7.56. The van der Waals surface area contributed by atoms with Gasteiger partial charge in [-0.1, -0.05) is 33.1 Å². The third-order valence-corrected chi connectivity index (χ3v) is 5.47. The van der Waals surface area contributed by atoms with Gasteiger partial charge in [-0.3, -0.25) is 4.99 Å². The summed E-state index contributed by atoms with van der Waals surface area (Å²) in [6.45, 7) is 9.47. The molecule has 22 heavy (non-hydrogen) atoms. The number of guanidine groups is 1. The van der Waals surface area contributed by atoms with Crippen LogP contribution >= 0.6 is 0 Å². The smallest absolute Gasteiger partial charge is 0.191 e. The molecule has 2 fully saturated rings. The largest absolute Gasteiger partial charge is 0.356 e. The molecular formula is C18H36N4. The van der Waals surface area contributed by atoms with Crippen LogP contribution in [0.1, 0.15) is 65.2 Å². The summed E-state index contributed by atoms with van der Waals surface area (Å²) < 4.78 is 0. The SMILES string of the molecule is CCCCN1CCC(NC(=NC)NCC2(C)CCCC2)CC1. The number of hydrogen-bond donors (Lipinski definition) is 2. The predicted octanol–water partition coefficient (Wildman–Crippen LogP) is 3.00. The van der Waals surface area contributed by atoms with Gasteiger partial charge in [0.1, 0.15) is 0 Å². The van der Waals surface area contributed by atoms with Crippen LogP contribution in [-0.4, -0.2) is 50.1 Å². The highest BCUT2D eigenvalue weighted by Gasteiger charge is 2.29. The summed E-state index contributed by atoms with van der Waals surface area (Å²) in [4.78, 5) is 7.03. The molecule has 0 aromatic carbocycles. The summed E-state index contributed by atoms with van der Waals surface area (Å²) in [6, 6.07) is 0.584. The minimum atomic E-state index is 0.473. The number of rotatable bonds is 6. The zero-order chi connectivity index (χ0) is 15.8. The zero-order valence-electron chi connectivity index (χ0n) is 15.0. The van der Waals surface area contributed by atoms with Crippen molar-refractivity contribution in [3.05, 3.63) is 0 Å². The maximum atomic E-state index is 4.42. The lowest BCUT2D eigenvalue weighted by atomic mass is 9.89. The molecule has 1 heterocycles. The third-order valence-electron chi connectivity index (χ3n) is 5.47. The van der Waals surface area contributed by atoms with Crippen molar-refractivity contribution in [3.8, 4) is 0 Å². The Hall–Kier alpha value is -0.770. The molecule has 1 aliphatic carbocycles. The van der Waals surface area contributed by atoms with Crippen LogP contribution < -0.4 is 10.6 Å². The van der Waals surface area contributed by atoms with Gasteiger partial charge in [0.2, 0.25) is 0 Å². The Morgan fingerprint density at radius 2 is 1.91 bits per heavy atom. The van der Waals surface area contributed by atoms with Gasteiger partial charge >= 0.3 is 0 Å². The predicted molar refractivity (Wildman–Crippen MR) is 95.4 cm³/mol. The van der Waals surface area contributed by atoms with Crippen molar-refractivity contribution in [3.63, 3.8) is 0 Å². The molecule has 0 unspecified atom stereocenters. The van der Waals surface area contributed by atoms with Crippen LogP contribution in [-0.2, 0) is 0 Å². The Balaban J connectivity index is 1.68. The first kappa shape index (κ1) is 17.6. The van der Waals surface area contributed by atoms with Crippen molar-refractivity contribution in [2.75, 3.05) is 33.2 Å². The van der Waals surface area contributed by atoms with Gasteiger partial charge in [-0.05, 0) is 44.1 Å². The molecule has 0 atom stereocenters. The van der Waals surface area contributed by atoms with Crippen molar-refractivity contribution in [1.82, 2.24) is 15.5 Å². The standard InChI is InChI=1S/C18H36N4/c1-4-5-12-22-13-8-16(9-14-22)21-17(19-3)20-15-18(2)10-6-7-11-18/h16H,4-15H2,1-3H3,(H2,19,20,21). The van der Waals surface area contributed by atoms with E-state index < -0.39 is 0 Å². The number of aliphatic imine (C=N–C) groups is 1. The monoisotopic (exact) mass is 308 g/mol. The fourth-order valence-electron chi connectivity index (χ4n) is 3.77. The highest BCUT2D eigenvalue weighted by molar-refractivity contribution is 5.80. The molecule has 0 spiro atoms. The Morgan fingerprint density at radius 3 is 2.50 bits per heavy atom. The quantitative estimate of drug-likeness (QED) is 0.585. The minimum Gasteiger partial charge on any atom is -0.356 e. The second-order valence-corrected chi connectivity index (χ2v) is 7.56. The van der Waals surface area contributed by atoms with Gasteiger partial charge in [0.25, 0.3) is 0 Å². The first-order valence-corrected chi connectivity index (χ1v) is 9.35. The fourth-order valence-corrected chi connectivity index (χ4v) is 3.77. The van der Waals surface area contributed by atoms with Crippen LogP contribution in [0.2, 0.25) is 0 Å². The van der Waals surface area contributed by atoms with Crippen molar-refractivity contribution < 1.29 is 0 Å². The molecular weight excluding hydrogens is 272 g/mol. The fraction of sp³-hybridized carbons (Fsp3) is 0.944. The van der Waals surface area contributed by atoms with Gasteiger partial charge < -0.3 is 15.5 Å². The summed E-state index contributed by atoms with van der Waals surface area (Å²) in [5, 5.41) is 7.21. The first-order valence-electron chi connectivity index (χ1n) is 9.35. The Morgan fingerprint density at radius 1 is 1.23 bits per heavy atom. The third kappa shape index (κ3) is 5.45. The first-order chi connectivity index (χ1) is 10.6. The molecule has 0 radical (unpaired) electrons. The minimum absolute atomic E-state index is 0.473. The molecule has 2 rings (SSSR count). The average Bonchev–Trinajstić information content (AvgIpc) is 2.97. The molecule has 1 saturated heterocycles. The van der Waals surface area contributed by atoms with Crippen molar-refractivity contribution in [1.29, 1.82) is 0 Å². The van der Waals surface area contributed by atoms with E-state index in [1.165, 1.54) is 71.0 Å². The van der Waals surface area contributed by atoms with E-state index in [0.717, 1.165) is 12.5 Å². The lowest BCUT2D eigenvalue weighted by molar-refractivity contribution is 0.203. The molecule has 128 valence electrons. The summed E-state index contributed by atoms with van der Waals surface area (Å²) in [5.74, 6) is 1.00. The van der Waals surface area contributed by atoms with Gasteiger partial charge in [0.05, 0.1) is 0 Å². The Kier molecular flexibility index (Phi) is 7.00. The zero-order valence-corrected chi connectivity index (χ0v) is 15.0. The van der Waals surface area contributed by atoms with Crippen molar-refractivity contribution in [2.45, 2.75) is 71.3 Å². The highest BCUT2D eigenvalue weighted by Crippen LogP contribution is 2.36. The normalized spacial score (nSPS) is 23.7.